The van der Waals surface area contributed by atoms with E-state index in [2.05, 4.69) is 47.9 Å². The van der Waals surface area contributed by atoms with Crippen LogP contribution in [0.3, 0.4) is 0 Å². The van der Waals surface area contributed by atoms with Gasteiger partial charge in [0.25, 0.3) is 17.7 Å². The van der Waals surface area contributed by atoms with E-state index >= 15 is 0 Å². The van der Waals surface area contributed by atoms with Crippen LogP contribution in [0.25, 0.3) is 0 Å². The second-order valence-corrected chi connectivity index (χ2v) is 11.1. The van der Waals surface area contributed by atoms with Crippen LogP contribution in [0.2, 0.25) is 0 Å². The number of carbonyl (C=O) groups excluding carboxylic acids is 3. The van der Waals surface area contributed by atoms with E-state index < -0.39 is 29.3 Å². The van der Waals surface area contributed by atoms with Crippen molar-refractivity contribution in [2.24, 2.45) is 5.73 Å². The van der Waals surface area contributed by atoms with Crippen LogP contribution in [-0.2, 0) is 27.1 Å². The van der Waals surface area contributed by atoms with E-state index in [1.807, 2.05) is 54.1 Å². The molecule has 5 N–H and O–H groups in total. The number of carbonyl (C=O) groups is 3. The lowest BCUT2D eigenvalue weighted by molar-refractivity contribution is -0.131. The quantitative estimate of drug-likeness (QED) is 0.300. The molecule has 1 aliphatic heterocycles. The lowest BCUT2D eigenvalue weighted by atomic mass is 9.84. The summed E-state index contributed by atoms with van der Waals surface area (Å²) in [6.07, 6.45) is 7.22. The highest BCUT2D eigenvalue weighted by molar-refractivity contribution is 6.04. The van der Waals surface area contributed by atoms with Gasteiger partial charge >= 0.3 is 0 Å². The van der Waals surface area contributed by atoms with Crippen LogP contribution in [0.1, 0.15) is 79.3 Å². The van der Waals surface area contributed by atoms with Gasteiger partial charge in [-0.2, -0.15) is 5.10 Å². The van der Waals surface area contributed by atoms with Gasteiger partial charge in [0.15, 0.2) is 6.04 Å². The number of rotatable bonds is 9. The van der Waals surface area contributed by atoms with Crippen LogP contribution < -0.4 is 21.7 Å². The minimum Gasteiger partial charge on any atom is -0.367 e. The first kappa shape index (κ1) is 29.4. The number of fused-ring (bicyclic) bond motifs is 1. The minimum absolute atomic E-state index is 0.0471. The van der Waals surface area contributed by atoms with Gasteiger partial charge in [-0.25, -0.2) is 4.68 Å². The maximum absolute atomic E-state index is 14.2. The molecule has 1 aromatic heterocycles. The number of nitrogens with zero attached hydrogens (tertiary/aromatic N) is 2. The number of anilines is 1. The van der Waals surface area contributed by atoms with Crippen molar-refractivity contribution in [3.05, 3.63) is 82.5 Å². The number of hydrogen-bond donors (Lipinski definition) is 4. The number of terminal acetylenes is 1. The topological polar surface area (TPSA) is 131 Å². The van der Waals surface area contributed by atoms with Crippen LogP contribution in [0.4, 0.5) is 5.82 Å². The van der Waals surface area contributed by atoms with Crippen LogP contribution in [0.5, 0.6) is 0 Å². The van der Waals surface area contributed by atoms with Gasteiger partial charge in [-0.15, -0.1) is 6.42 Å². The van der Waals surface area contributed by atoms with E-state index in [4.69, 9.17) is 17.3 Å². The van der Waals surface area contributed by atoms with E-state index in [1.54, 1.807) is 13.8 Å². The number of aryl methyl sites for hydroxylation is 2. The van der Waals surface area contributed by atoms with E-state index in [-0.39, 0.29) is 18.0 Å². The van der Waals surface area contributed by atoms with Gasteiger partial charge < -0.3 is 21.7 Å². The monoisotopic (exact) mass is 554 g/mol. The van der Waals surface area contributed by atoms with Gasteiger partial charge in [-0.1, -0.05) is 74.4 Å². The highest BCUT2D eigenvalue weighted by Gasteiger charge is 2.44. The summed E-state index contributed by atoms with van der Waals surface area (Å²) in [5.41, 5.74) is 7.08. The van der Waals surface area contributed by atoms with Gasteiger partial charge in [-0.3, -0.25) is 14.4 Å². The summed E-state index contributed by atoms with van der Waals surface area (Å²) in [6.45, 7) is 9.77. The second-order valence-electron chi connectivity index (χ2n) is 11.1. The van der Waals surface area contributed by atoms with Gasteiger partial charge in [-0.05, 0) is 56.7 Å². The Morgan fingerprint density at radius 3 is 2.39 bits per heavy atom. The largest absolute Gasteiger partial charge is 0.367 e. The van der Waals surface area contributed by atoms with Crippen LogP contribution in [-0.4, -0.2) is 33.5 Å². The Morgan fingerprint density at radius 2 is 1.83 bits per heavy atom. The third kappa shape index (κ3) is 5.55. The first-order valence-electron chi connectivity index (χ1n) is 13.9. The van der Waals surface area contributed by atoms with E-state index in [9.17, 15) is 14.4 Å². The van der Waals surface area contributed by atoms with Gasteiger partial charge in [0, 0.05) is 0 Å². The molecule has 1 aliphatic rings. The van der Waals surface area contributed by atoms with Crippen LogP contribution in [0.15, 0.2) is 54.6 Å². The molecule has 0 saturated carbocycles. The third-order valence-electron chi connectivity index (χ3n) is 7.90. The van der Waals surface area contributed by atoms with Crippen molar-refractivity contribution in [1.29, 1.82) is 0 Å². The summed E-state index contributed by atoms with van der Waals surface area (Å²) in [5, 5.41) is 13.8. The average Bonchev–Trinajstić information content (AvgIpc) is 3.31. The van der Waals surface area contributed by atoms with E-state index in [0.29, 0.717) is 22.6 Å². The molecule has 9 nitrogen and oxygen atoms in total. The first-order valence-corrected chi connectivity index (χ1v) is 13.9. The SMILES string of the molecule is C#C[C@H](NC(=O)[C@@](CC)(NC(=O)c1c(C)nn2c1N[C@@H](c1ccccc1)CC2(C)C)c1ccc(CC)cc1)C(N)=O. The number of nitrogens with one attached hydrogen (secondary N) is 3. The molecule has 3 amide bonds. The molecule has 214 valence electrons. The Kier molecular flexibility index (Phi) is 8.24. The summed E-state index contributed by atoms with van der Waals surface area (Å²) in [4.78, 5) is 40.0. The molecule has 4 rings (SSSR count). The van der Waals surface area contributed by atoms with E-state index in [0.717, 1.165) is 24.0 Å². The molecule has 0 radical (unpaired) electrons. The maximum Gasteiger partial charge on any atom is 0.258 e. The summed E-state index contributed by atoms with van der Waals surface area (Å²) in [5.74, 6) is 0.824. The zero-order valence-electron chi connectivity index (χ0n) is 24.2. The molecule has 0 bridgehead atoms. The smallest absolute Gasteiger partial charge is 0.258 e. The Morgan fingerprint density at radius 1 is 1.17 bits per heavy atom. The fourth-order valence-corrected chi connectivity index (χ4v) is 5.50. The second kappa shape index (κ2) is 11.5. The average molecular weight is 555 g/mol. The van der Waals surface area contributed by atoms with Crippen molar-refractivity contribution in [2.75, 3.05) is 5.32 Å². The summed E-state index contributed by atoms with van der Waals surface area (Å²) < 4.78 is 1.85. The van der Waals surface area contributed by atoms with Gasteiger partial charge in [0.05, 0.1) is 17.3 Å². The predicted octanol–water partition coefficient (Wildman–Crippen LogP) is 3.68. The molecule has 3 aromatic rings. The molecule has 0 unspecified atom stereocenters. The number of hydrogen-bond acceptors (Lipinski definition) is 5. The summed E-state index contributed by atoms with van der Waals surface area (Å²) in [7, 11) is 0. The number of aromatic nitrogens is 2. The maximum atomic E-state index is 14.2. The van der Waals surface area contributed by atoms with Gasteiger partial charge in [0.1, 0.15) is 16.9 Å². The lowest BCUT2D eigenvalue weighted by Crippen LogP contribution is -2.59. The fraction of sp³-hybridized carbons (Fsp3) is 0.375. The predicted molar refractivity (Wildman–Crippen MR) is 159 cm³/mol. The van der Waals surface area contributed by atoms with Crippen molar-refractivity contribution in [2.45, 2.75) is 77.0 Å². The third-order valence-corrected chi connectivity index (χ3v) is 7.90. The fourth-order valence-electron chi connectivity index (χ4n) is 5.50. The van der Waals surface area contributed by atoms with Crippen molar-refractivity contribution >= 4 is 23.5 Å². The van der Waals surface area contributed by atoms with Crippen molar-refractivity contribution in [1.82, 2.24) is 20.4 Å². The molecule has 3 atom stereocenters. The molecule has 9 heteroatoms. The number of nitrogens with two attached hydrogens (primary N) is 1. The molecular formula is C32H38N6O3. The molecule has 0 spiro atoms. The summed E-state index contributed by atoms with van der Waals surface area (Å²) >= 11 is 0. The molecule has 2 aromatic carbocycles. The van der Waals surface area contributed by atoms with Crippen LogP contribution in [0, 0.1) is 19.3 Å². The Labute approximate surface area is 241 Å². The summed E-state index contributed by atoms with van der Waals surface area (Å²) in [6, 6.07) is 16.1. The van der Waals surface area contributed by atoms with Crippen molar-refractivity contribution in [3.8, 4) is 12.3 Å². The number of amides is 3. The van der Waals surface area contributed by atoms with Crippen molar-refractivity contribution < 1.29 is 14.4 Å². The van der Waals surface area contributed by atoms with Crippen molar-refractivity contribution in [3.63, 3.8) is 0 Å². The van der Waals surface area contributed by atoms with E-state index in [1.165, 1.54) is 0 Å². The highest BCUT2D eigenvalue weighted by Crippen LogP contribution is 2.41. The Balaban J connectivity index is 1.78. The molecule has 0 aliphatic carbocycles. The van der Waals surface area contributed by atoms with Crippen LogP contribution >= 0.6 is 0 Å². The Hall–Kier alpha value is -4.58. The molecule has 2 heterocycles. The lowest BCUT2D eigenvalue weighted by Gasteiger charge is -2.38. The molecule has 0 saturated heterocycles. The molecular weight excluding hydrogens is 516 g/mol. The minimum atomic E-state index is -1.54. The normalized spacial score (nSPS) is 17.6. The molecule has 0 fully saturated rings. The standard InChI is InChI=1S/C32H38N6O3/c1-7-21-15-17-23(18-16-21)32(9-3,30(41)35-24(8-2)27(33)39)36-29(40)26-20(4)37-38-28(26)34-25(19-31(38,5)6)22-13-11-10-12-14-22/h2,10-18,24-25,34H,7,9,19H2,1,3-6H3,(H2,33,39)(H,35,41)(H,36,40)/t24-,25+,32-/m0/s1. The molecule has 41 heavy (non-hydrogen) atoms. The Bertz CT molecular complexity index is 1490. The van der Waals surface area contributed by atoms with Gasteiger partial charge in [0.2, 0.25) is 0 Å². The zero-order chi connectivity index (χ0) is 29.9. The number of benzene rings is 2. The number of primary amides is 1. The zero-order valence-corrected chi connectivity index (χ0v) is 24.2. The first-order chi connectivity index (χ1) is 19.5. The highest BCUT2D eigenvalue weighted by atomic mass is 16.2.